The molecule has 0 atom stereocenters. The Balaban J connectivity index is 1.62. The monoisotopic (exact) mass is 338 g/mol. The van der Waals surface area contributed by atoms with Crippen LogP contribution in [0.15, 0.2) is 4.99 Å². The fraction of sp³-hybridized carbons (Fsp3) is 0.882. The number of aliphatic imine (C=N–C) groups is 1. The molecule has 7 nitrogen and oxygen atoms in total. The predicted octanol–water partition coefficient (Wildman–Crippen LogP) is -0.295. The number of rotatable bonds is 8. The molecule has 1 saturated heterocycles. The van der Waals surface area contributed by atoms with E-state index in [0.29, 0.717) is 13.1 Å². The SMILES string of the molecule is CCNC(=NCCN1CCCN(C)CC1)NCCNC(=O)C1CC1. The lowest BCUT2D eigenvalue weighted by molar-refractivity contribution is -0.122. The molecule has 3 N–H and O–H groups in total. The Morgan fingerprint density at radius 3 is 2.62 bits per heavy atom. The second-order valence-corrected chi connectivity index (χ2v) is 6.75. The topological polar surface area (TPSA) is 72.0 Å². The third-order valence-corrected chi connectivity index (χ3v) is 4.51. The maximum atomic E-state index is 11.6. The van der Waals surface area contributed by atoms with Crippen molar-refractivity contribution in [3.63, 3.8) is 0 Å². The number of guanidine groups is 1. The van der Waals surface area contributed by atoms with Gasteiger partial charge in [0, 0.05) is 45.2 Å². The van der Waals surface area contributed by atoms with Gasteiger partial charge in [0.05, 0.1) is 6.54 Å². The van der Waals surface area contributed by atoms with Gasteiger partial charge in [0.15, 0.2) is 5.96 Å². The van der Waals surface area contributed by atoms with Crippen LogP contribution in [0.2, 0.25) is 0 Å². The van der Waals surface area contributed by atoms with E-state index < -0.39 is 0 Å². The second-order valence-electron chi connectivity index (χ2n) is 6.75. The molecule has 24 heavy (non-hydrogen) atoms. The molecule has 0 radical (unpaired) electrons. The Bertz CT molecular complexity index is 410. The first-order chi connectivity index (χ1) is 11.7. The Kier molecular flexibility index (Phi) is 8.32. The number of nitrogens with one attached hydrogen (secondary N) is 3. The second kappa shape index (κ2) is 10.5. The van der Waals surface area contributed by atoms with Gasteiger partial charge in [-0.05, 0) is 46.3 Å². The van der Waals surface area contributed by atoms with E-state index in [2.05, 4.69) is 44.7 Å². The van der Waals surface area contributed by atoms with Gasteiger partial charge in [-0.3, -0.25) is 9.79 Å². The van der Waals surface area contributed by atoms with Crippen LogP contribution in [0.1, 0.15) is 26.2 Å². The maximum absolute atomic E-state index is 11.6. The molecule has 7 heteroatoms. The zero-order chi connectivity index (χ0) is 17.2. The molecule has 138 valence electrons. The highest BCUT2D eigenvalue weighted by molar-refractivity contribution is 5.81. The average Bonchev–Trinajstić information content (AvgIpc) is 3.40. The molecule has 0 bridgehead atoms. The molecule has 0 aromatic heterocycles. The summed E-state index contributed by atoms with van der Waals surface area (Å²) in [6.07, 6.45) is 3.34. The predicted molar refractivity (Wildman–Crippen MR) is 98.3 cm³/mol. The molecule has 0 aromatic carbocycles. The Labute approximate surface area is 146 Å². The van der Waals surface area contributed by atoms with Gasteiger partial charge in [0.1, 0.15) is 0 Å². The summed E-state index contributed by atoms with van der Waals surface area (Å²) >= 11 is 0. The van der Waals surface area contributed by atoms with Gasteiger partial charge in [0.2, 0.25) is 5.91 Å². The van der Waals surface area contributed by atoms with Crippen molar-refractivity contribution in [1.29, 1.82) is 0 Å². The fourth-order valence-corrected chi connectivity index (χ4v) is 2.83. The van der Waals surface area contributed by atoms with Crippen LogP contribution in [0.25, 0.3) is 0 Å². The van der Waals surface area contributed by atoms with Crippen LogP contribution in [0.3, 0.4) is 0 Å². The van der Waals surface area contributed by atoms with E-state index in [4.69, 9.17) is 0 Å². The first-order valence-electron chi connectivity index (χ1n) is 9.40. The smallest absolute Gasteiger partial charge is 0.223 e. The Morgan fingerprint density at radius 1 is 1.08 bits per heavy atom. The van der Waals surface area contributed by atoms with Gasteiger partial charge in [0.25, 0.3) is 0 Å². The van der Waals surface area contributed by atoms with E-state index in [9.17, 15) is 4.79 Å². The molecule has 0 unspecified atom stereocenters. The summed E-state index contributed by atoms with van der Waals surface area (Å²) in [5, 5.41) is 9.52. The lowest BCUT2D eigenvalue weighted by Crippen LogP contribution is -2.42. The van der Waals surface area contributed by atoms with Gasteiger partial charge in [-0.25, -0.2) is 0 Å². The van der Waals surface area contributed by atoms with E-state index in [1.165, 1.54) is 13.0 Å². The summed E-state index contributed by atoms with van der Waals surface area (Å²) in [4.78, 5) is 21.1. The molecule has 1 aliphatic carbocycles. The normalized spacial score (nSPS) is 20.5. The first-order valence-corrected chi connectivity index (χ1v) is 9.40. The van der Waals surface area contributed by atoms with Crippen molar-refractivity contribution in [2.24, 2.45) is 10.9 Å². The van der Waals surface area contributed by atoms with Crippen LogP contribution in [0.5, 0.6) is 0 Å². The van der Waals surface area contributed by atoms with Gasteiger partial charge < -0.3 is 25.8 Å². The molecule has 2 aliphatic rings. The molecule has 2 rings (SSSR count). The molecule has 1 heterocycles. The van der Waals surface area contributed by atoms with E-state index in [1.54, 1.807) is 0 Å². The number of hydrogen-bond donors (Lipinski definition) is 3. The number of likely N-dealkylation sites (N-methyl/N-ethyl adjacent to an activating group) is 1. The van der Waals surface area contributed by atoms with Crippen molar-refractivity contribution in [2.45, 2.75) is 26.2 Å². The average molecular weight is 339 g/mol. The van der Waals surface area contributed by atoms with Crippen molar-refractivity contribution in [3.8, 4) is 0 Å². The van der Waals surface area contributed by atoms with Crippen molar-refractivity contribution in [3.05, 3.63) is 0 Å². The van der Waals surface area contributed by atoms with E-state index in [0.717, 1.165) is 58.1 Å². The molecule has 0 aromatic rings. The first kappa shape index (κ1) is 19.0. The number of carbonyl (C=O) groups is 1. The van der Waals surface area contributed by atoms with Crippen LogP contribution in [0.4, 0.5) is 0 Å². The molecular weight excluding hydrogens is 304 g/mol. The molecule has 1 saturated carbocycles. The summed E-state index contributed by atoms with van der Waals surface area (Å²) in [6.45, 7) is 10.7. The third-order valence-electron chi connectivity index (χ3n) is 4.51. The van der Waals surface area contributed by atoms with E-state index in [-0.39, 0.29) is 11.8 Å². The van der Waals surface area contributed by atoms with Crippen LogP contribution < -0.4 is 16.0 Å². The standard InChI is InChI=1S/C17H34N6O/c1-3-18-17(20-8-7-19-16(24)15-5-6-15)21-9-12-23-11-4-10-22(2)13-14-23/h15H,3-14H2,1-2H3,(H,19,24)(H2,18,20,21). The lowest BCUT2D eigenvalue weighted by atomic mass is 10.4. The number of amides is 1. The lowest BCUT2D eigenvalue weighted by Gasteiger charge is -2.19. The summed E-state index contributed by atoms with van der Waals surface area (Å²) in [7, 11) is 2.19. The fourth-order valence-electron chi connectivity index (χ4n) is 2.83. The zero-order valence-electron chi connectivity index (χ0n) is 15.3. The highest BCUT2D eigenvalue weighted by atomic mass is 16.2. The number of carbonyl (C=O) groups excluding carboxylic acids is 1. The van der Waals surface area contributed by atoms with Crippen LogP contribution >= 0.6 is 0 Å². The summed E-state index contributed by atoms with van der Waals surface area (Å²) in [6, 6.07) is 0. The third kappa shape index (κ3) is 7.49. The van der Waals surface area contributed by atoms with E-state index in [1.807, 2.05) is 0 Å². The highest BCUT2D eigenvalue weighted by Crippen LogP contribution is 2.28. The molecule has 2 fully saturated rings. The maximum Gasteiger partial charge on any atom is 0.223 e. The highest BCUT2D eigenvalue weighted by Gasteiger charge is 2.28. The van der Waals surface area contributed by atoms with Crippen molar-refractivity contribution >= 4 is 11.9 Å². The van der Waals surface area contributed by atoms with Gasteiger partial charge in [-0.2, -0.15) is 0 Å². The number of hydrogen-bond acceptors (Lipinski definition) is 4. The van der Waals surface area contributed by atoms with Crippen LogP contribution in [-0.2, 0) is 4.79 Å². The molecule has 0 spiro atoms. The van der Waals surface area contributed by atoms with Crippen molar-refractivity contribution in [2.75, 3.05) is 66.0 Å². The minimum atomic E-state index is 0.199. The quantitative estimate of drug-likeness (QED) is 0.322. The minimum Gasteiger partial charge on any atom is -0.357 e. The largest absolute Gasteiger partial charge is 0.357 e. The molecular formula is C17H34N6O. The Hall–Kier alpha value is -1.34. The van der Waals surface area contributed by atoms with Gasteiger partial charge in [-0.15, -0.1) is 0 Å². The molecule has 1 aliphatic heterocycles. The summed E-state index contributed by atoms with van der Waals surface area (Å²) < 4.78 is 0. The van der Waals surface area contributed by atoms with Gasteiger partial charge in [-0.1, -0.05) is 0 Å². The van der Waals surface area contributed by atoms with Gasteiger partial charge >= 0.3 is 0 Å². The number of nitrogens with zero attached hydrogens (tertiary/aromatic N) is 3. The Morgan fingerprint density at radius 2 is 1.88 bits per heavy atom. The van der Waals surface area contributed by atoms with Crippen molar-refractivity contribution in [1.82, 2.24) is 25.8 Å². The van der Waals surface area contributed by atoms with Crippen LogP contribution in [-0.4, -0.2) is 87.6 Å². The zero-order valence-corrected chi connectivity index (χ0v) is 15.3. The van der Waals surface area contributed by atoms with Crippen LogP contribution in [0, 0.1) is 5.92 Å². The van der Waals surface area contributed by atoms with E-state index >= 15 is 0 Å². The summed E-state index contributed by atoms with van der Waals surface area (Å²) in [5.41, 5.74) is 0. The summed E-state index contributed by atoms with van der Waals surface area (Å²) in [5.74, 6) is 1.31. The van der Waals surface area contributed by atoms with Crippen molar-refractivity contribution < 1.29 is 4.79 Å². The molecule has 1 amide bonds. The minimum absolute atomic E-state index is 0.199.